The van der Waals surface area contributed by atoms with Crippen LogP contribution in [0.3, 0.4) is 0 Å². The van der Waals surface area contributed by atoms with Gasteiger partial charge >= 0.3 is 0 Å². The minimum Gasteiger partial charge on any atom is -0.259 e. The van der Waals surface area contributed by atoms with Crippen LogP contribution in [0, 0.1) is 0 Å². The Balaban J connectivity index is 2.43. The van der Waals surface area contributed by atoms with Crippen LogP contribution in [-0.2, 0) is 15.5 Å². The normalized spacial score (nSPS) is 17.3. The lowest BCUT2D eigenvalue weighted by Crippen LogP contribution is -2.25. The summed E-state index contributed by atoms with van der Waals surface area (Å²) < 4.78 is 11.8. The molecule has 0 N–H and O–H groups in total. The Hall–Kier alpha value is -1.41. The molecule has 1 aliphatic rings. The largest absolute Gasteiger partial charge is 0.259 e. The number of fused-ring (bicyclic) bond motifs is 3. The lowest BCUT2D eigenvalue weighted by molar-refractivity contribution is 0.663. The maximum atomic E-state index is 12.2. The highest BCUT2D eigenvalue weighted by Crippen LogP contribution is 2.49. The van der Waals surface area contributed by atoms with Crippen molar-refractivity contribution in [3.05, 3.63) is 59.7 Å². The Morgan fingerprint density at radius 3 is 1.71 bits per heavy atom. The molecule has 0 unspecified atom stereocenters. The van der Waals surface area contributed by atoms with Gasteiger partial charge in [-0.15, -0.1) is 0 Å². The quantitative estimate of drug-likeness (QED) is 0.750. The first-order chi connectivity index (χ1) is 8.15. The molecular formula is C15H14OS. The van der Waals surface area contributed by atoms with Crippen molar-refractivity contribution in [1.29, 1.82) is 0 Å². The summed E-state index contributed by atoms with van der Waals surface area (Å²) in [7, 11) is -0.929. The maximum absolute atomic E-state index is 12.2. The predicted octanol–water partition coefficient (Wildman–Crippen LogP) is 3.31. The maximum Gasteiger partial charge on any atom is 0.0936 e. The molecule has 3 rings (SSSR count). The SMILES string of the molecule is C[S@](=O)C1(C)c2ccccc2-c2ccccc21. The van der Waals surface area contributed by atoms with Crippen molar-refractivity contribution < 1.29 is 4.21 Å². The molecular weight excluding hydrogens is 228 g/mol. The van der Waals surface area contributed by atoms with Crippen LogP contribution in [-0.4, -0.2) is 10.5 Å². The Kier molecular flexibility index (Phi) is 2.23. The average molecular weight is 242 g/mol. The second-order valence-corrected chi connectivity index (χ2v) is 6.30. The molecule has 0 aliphatic heterocycles. The third kappa shape index (κ3) is 1.27. The molecule has 0 heterocycles. The molecule has 0 saturated carbocycles. The lowest BCUT2D eigenvalue weighted by atomic mass is 9.98. The molecule has 2 aromatic rings. The van der Waals surface area contributed by atoms with E-state index in [1.807, 2.05) is 24.3 Å². The summed E-state index contributed by atoms with van der Waals surface area (Å²) in [5, 5.41) is 0. The monoisotopic (exact) mass is 242 g/mol. The summed E-state index contributed by atoms with van der Waals surface area (Å²) in [6, 6.07) is 16.6. The highest BCUT2D eigenvalue weighted by atomic mass is 32.2. The van der Waals surface area contributed by atoms with E-state index >= 15 is 0 Å². The minimum absolute atomic E-state index is 0.368. The van der Waals surface area contributed by atoms with Gasteiger partial charge in [-0.05, 0) is 29.2 Å². The lowest BCUT2D eigenvalue weighted by Gasteiger charge is -2.24. The molecule has 0 bridgehead atoms. The first kappa shape index (κ1) is 10.7. The molecule has 2 heteroatoms. The molecule has 0 saturated heterocycles. The fraction of sp³-hybridized carbons (Fsp3) is 0.200. The van der Waals surface area contributed by atoms with E-state index in [-0.39, 0.29) is 4.75 Å². The summed E-state index contributed by atoms with van der Waals surface area (Å²) in [6.07, 6.45) is 1.79. The third-order valence-electron chi connectivity index (χ3n) is 3.75. The summed E-state index contributed by atoms with van der Waals surface area (Å²) in [5.41, 5.74) is 4.81. The fourth-order valence-electron chi connectivity index (χ4n) is 2.72. The van der Waals surface area contributed by atoms with Crippen molar-refractivity contribution in [1.82, 2.24) is 0 Å². The topological polar surface area (TPSA) is 17.1 Å². The van der Waals surface area contributed by atoms with Gasteiger partial charge in [0.25, 0.3) is 0 Å². The molecule has 1 aliphatic carbocycles. The van der Waals surface area contributed by atoms with Gasteiger partial charge in [0.15, 0.2) is 0 Å². The smallest absolute Gasteiger partial charge is 0.0936 e. The van der Waals surface area contributed by atoms with E-state index in [1.54, 1.807) is 6.26 Å². The van der Waals surface area contributed by atoms with E-state index < -0.39 is 10.8 Å². The molecule has 0 amide bonds. The zero-order valence-electron chi connectivity index (χ0n) is 9.94. The van der Waals surface area contributed by atoms with E-state index in [9.17, 15) is 4.21 Å². The van der Waals surface area contributed by atoms with Crippen LogP contribution in [0.1, 0.15) is 18.1 Å². The van der Waals surface area contributed by atoms with Crippen molar-refractivity contribution in [3.8, 4) is 11.1 Å². The van der Waals surface area contributed by atoms with Crippen LogP contribution >= 0.6 is 0 Å². The predicted molar refractivity (Wildman–Crippen MR) is 72.4 cm³/mol. The summed E-state index contributed by atoms with van der Waals surface area (Å²) in [6.45, 7) is 2.08. The van der Waals surface area contributed by atoms with Crippen molar-refractivity contribution in [2.45, 2.75) is 11.7 Å². The van der Waals surface area contributed by atoms with Crippen LogP contribution in [0.4, 0.5) is 0 Å². The van der Waals surface area contributed by atoms with Gasteiger partial charge in [0.2, 0.25) is 0 Å². The zero-order valence-corrected chi connectivity index (χ0v) is 10.8. The fourth-order valence-corrected chi connectivity index (χ4v) is 3.70. The van der Waals surface area contributed by atoms with E-state index in [0.717, 1.165) is 0 Å². The second-order valence-electron chi connectivity index (χ2n) is 4.58. The van der Waals surface area contributed by atoms with E-state index in [1.165, 1.54) is 22.3 Å². The van der Waals surface area contributed by atoms with Gasteiger partial charge in [0.1, 0.15) is 0 Å². The van der Waals surface area contributed by atoms with Crippen molar-refractivity contribution in [2.24, 2.45) is 0 Å². The average Bonchev–Trinajstić information content (AvgIpc) is 2.63. The van der Waals surface area contributed by atoms with Crippen molar-refractivity contribution in [3.63, 3.8) is 0 Å². The molecule has 0 spiro atoms. The van der Waals surface area contributed by atoms with Gasteiger partial charge in [-0.2, -0.15) is 0 Å². The summed E-state index contributed by atoms with van der Waals surface area (Å²) in [4.78, 5) is 0. The second kappa shape index (κ2) is 3.54. The molecule has 2 aromatic carbocycles. The Morgan fingerprint density at radius 1 is 0.882 bits per heavy atom. The zero-order chi connectivity index (χ0) is 12.0. The molecule has 1 atom stereocenters. The van der Waals surface area contributed by atoms with Crippen LogP contribution in [0.15, 0.2) is 48.5 Å². The van der Waals surface area contributed by atoms with Crippen molar-refractivity contribution in [2.75, 3.05) is 6.26 Å². The van der Waals surface area contributed by atoms with Gasteiger partial charge in [-0.25, -0.2) is 0 Å². The molecule has 0 aromatic heterocycles. The first-order valence-corrected chi connectivity index (χ1v) is 7.24. The molecule has 0 fully saturated rings. The van der Waals surface area contributed by atoms with Gasteiger partial charge in [-0.1, -0.05) is 48.5 Å². The highest BCUT2D eigenvalue weighted by Gasteiger charge is 2.41. The van der Waals surface area contributed by atoms with Gasteiger partial charge in [-0.3, -0.25) is 4.21 Å². The Morgan fingerprint density at radius 2 is 1.29 bits per heavy atom. The number of hydrogen-bond acceptors (Lipinski definition) is 1. The van der Waals surface area contributed by atoms with Crippen LogP contribution in [0.2, 0.25) is 0 Å². The standard InChI is InChI=1S/C15H14OS/c1-15(17(2)16)13-9-5-3-7-11(13)12-8-4-6-10-14(12)15/h3-10H,1-2H3/t17-/m0/s1. The highest BCUT2D eigenvalue weighted by molar-refractivity contribution is 7.85. The van der Waals surface area contributed by atoms with Crippen LogP contribution in [0.5, 0.6) is 0 Å². The summed E-state index contributed by atoms with van der Waals surface area (Å²) in [5.74, 6) is 0. The number of rotatable bonds is 1. The van der Waals surface area contributed by atoms with Gasteiger partial charge < -0.3 is 0 Å². The number of hydrogen-bond donors (Lipinski definition) is 0. The van der Waals surface area contributed by atoms with E-state index in [0.29, 0.717) is 0 Å². The molecule has 1 nitrogen and oxygen atoms in total. The van der Waals surface area contributed by atoms with E-state index in [4.69, 9.17) is 0 Å². The van der Waals surface area contributed by atoms with Gasteiger partial charge in [0, 0.05) is 17.1 Å². The van der Waals surface area contributed by atoms with Gasteiger partial charge in [0.05, 0.1) is 4.75 Å². The minimum atomic E-state index is -0.929. The van der Waals surface area contributed by atoms with Crippen LogP contribution < -0.4 is 0 Å². The van der Waals surface area contributed by atoms with E-state index in [2.05, 4.69) is 31.2 Å². The molecule has 17 heavy (non-hydrogen) atoms. The Bertz CT molecular complexity index is 570. The third-order valence-corrected chi connectivity index (χ3v) is 5.34. The van der Waals surface area contributed by atoms with Crippen molar-refractivity contribution >= 4 is 10.8 Å². The first-order valence-electron chi connectivity index (χ1n) is 5.68. The number of benzene rings is 2. The molecule has 86 valence electrons. The Labute approximate surface area is 104 Å². The summed E-state index contributed by atoms with van der Waals surface area (Å²) >= 11 is 0. The molecule has 0 radical (unpaired) electrons. The van der Waals surface area contributed by atoms with Crippen LogP contribution in [0.25, 0.3) is 11.1 Å².